The van der Waals surface area contributed by atoms with Gasteiger partial charge in [0.1, 0.15) is 5.54 Å². The molecule has 2 saturated heterocycles. The summed E-state index contributed by atoms with van der Waals surface area (Å²) in [5.74, 6) is 0.355. The Kier molecular flexibility index (Phi) is 4.33. The molecule has 0 radical (unpaired) electrons. The predicted molar refractivity (Wildman–Crippen MR) is 86.4 cm³/mol. The minimum atomic E-state index is -0.237. The van der Waals surface area contributed by atoms with Crippen LogP contribution in [0, 0.1) is 0 Å². The van der Waals surface area contributed by atoms with Crippen molar-refractivity contribution >= 4 is 17.2 Å². The summed E-state index contributed by atoms with van der Waals surface area (Å²) in [6, 6.07) is 2.20. The Labute approximate surface area is 131 Å². The summed E-state index contributed by atoms with van der Waals surface area (Å²) in [5.41, 5.74) is 1.16. The molecule has 3 heterocycles. The molecule has 1 aromatic heterocycles. The average molecular weight is 307 g/mol. The van der Waals surface area contributed by atoms with Gasteiger partial charge in [0.25, 0.3) is 0 Å². The van der Waals surface area contributed by atoms with Gasteiger partial charge in [-0.15, -0.1) is 0 Å². The lowest BCUT2D eigenvalue weighted by Crippen LogP contribution is -2.67. The number of nitrogens with zero attached hydrogens (tertiary/aromatic N) is 3. The van der Waals surface area contributed by atoms with Crippen LogP contribution in [0.25, 0.3) is 0 Å². The third kappa shape index (κ3) is 2.74. The van der Waals surface area contributed by atoms with E-state index in [0.29, 0.717) is 5.91 Å². The van der Waals surface area contributed by atoms with Crippen molar-refractivity contribution in [2.75, 3.05) is 39.8 Å². The first kappa shape index (κ1) is 15.0. The normalized spacial score (nSPS) is 23.9. The second-order valence-corrected chi connectivity index (χ2v) is 7.03. The molecule has 0 atom stereocenters. The summed E-state index contributed by atoms with van der Waals surface area (Å²) in [6.45, 7) is 7.87. The molecule has 0 aromatic carbocycles. The summed E-state index contributed by atoms with van der Waals surface area (Å²) in [6.07, 6.45) is 1.92. The van der Waals surface area contributed by atoms with Crippen molar-refractivity contribution in [3.63, 3.8) is 0 Å². The first-order valence-electron chi connectivity index (χ1n) is 7.90. The fourth-order valence-electron chi connectivity index (χ4n) is 3.66. The van der Waals surface area contributed by atoms with E-state index in [9.17, 15) is 4.79 Å². The lowest BCUT2D eigenvalue weighted by atomic mass is 9.82. The quantitative estimate of drug-likeness (QED) is 0.853. The lowest BCUT2D eigenvalue weighted by Gasteiger charge is -2.51. The molecule has 4 nitrogen and oxygen atoms in total. The number of amides is 1. The van der Waals surface area contributed by atoms with Crippen molar-refractivity contribution in [3.05, 3.63) is 22.4 Å². The average Bonchev–Trinajstić information content (AvgIpc) is 3.00. The highest BCUT2D eigenvalue weighted by Gasteiger charge is 2.48. The molecule has 2 fully saturated rings. The van der Waals surface area contributed by atoms with Crippen LogP contribution in [0.3, 0.4) is 0 Å². The van der Waals surface area contributed by atoms with Gasteiger partial charge in [-0.05, 0) is 49.2 Å². The summed E-state index contributed by atoms with van der Waals surface area (Å²) < 4.78 is 0. The lowest BCUT2D eigenvalue weighted by molar-refractivity contribution is -0.154. The number of hydrogen-bond acceptors (Lipinski definition) is 4. The van der Waals surface area contributed by atoms with Crippen LogP contribution in [-0.2, 0) is 11.3 Å². The van der Waals surface area contributed by atoms with Crippen LogP contribution in [0.5, 0.6) is 0 Å². The molecule has 0 saturated carbocycles. The molecule has 0 N–H and O–H groups in total. The van der Waals surface area contributed by atoms with Gasteiger partial charge >= 0.3 is 0 Å². The molecule has 1 spiro atoms. The Morgan fingerprint density at radius 3 is 2.62 bits per heavy atom. The topological polar surface area (TPSA) is 26.8 Å². The van der Waals surface area contributed by atoms with E-state index in [1.807, 2.05) is 4.90 Å². The van der Waals surface area contributed by atoms with Crippen molar-refractivity contribution in [1.29, 1.82) is 0 Å². The van der Waals surface area contributed by atoms with Gasteiger partial charge in [-0.2, -0.15) is 11.3 Å². The number of rotatable bonds is 3. The Morgan fingerprint density at radius 1 is 1.24 bits per heavy atom. The molecule has 1 aromatic rings. The standard InChI is InChI=1S/C16H25N3OS/c1-3-19-10-9-17(2)16(15(19)20)5-7-18(8-6-16)12-14-4-11-21-13-14/h4,11,13H,3,5-10,12H2,1-2H3. The minimum absolute atomic E-state index is 0.237. The Hall–Kier alpha value is -0.910. The molecule has 5 heteroatoms. The predicted octanol–water partition coefficient (Wildman–Crippen LogP) is 1.88. The highest BCUT2D eigenvalue weighted by Crippen LogP contribution is 2.33. The molecule has 2 aliphatic heterocycles. The van der Waals surface area contributed by atoms with Gasteiger partial charge in [0.2, 0.25) is 5.91 Å². The van der Waals surface area contributed by atoms with Gasteiger partial charge in [0.15, 0.2) is 0 Å². The molecule has 116 valence electrons. The molecular formula is C16H25N3OS. The maximum absolute atomic E-state index is 12.8. The van der Waals surface area contributed by atoms with Crippen molar-refractivity contribution in [2.45, 2.75) is 31.8 Å². The van der Waals surface area contributed by atoms with E-state index >= 15 is 0 Å². The van der Waals surface area contributed by atoms with Gasteiger partial charge in [-0.1, -0.05) is 0 Å². The molecule has 0 unspecified atom stereocenters. The van der Waals surface area contributed by atoms with Gasteiger partial charge < -0.3 is 4.90 Å². The van der Waals surface area contributed by atoms with Gasteiger partial charge in [-0.3, -0.25) is 14.6 Å². The number of thiophene rings is 1. The summed E-state index contributed by atoms with van der Waals surface area (Å²) in [4.78, 5) is 19.7. The first-order chi connectivity index (χ1) is 10.2. The van der Waals surface area contributed by atoms with Crippen molar-refractivity contribution in [1.82, 2.24) is 14.7 Å². The molecular weight excluding hydrogens is 282 g/mol. The molecule has 3 rings (SSSR count). The van der Waals surface area contributed by atoms with Gasteiger partial charge in [0.05, 0.1) is 0 Å². The van der Waals surface area contributed by atoms with E-state index in [-0.39, 0.29) is 5.54 Å². The van der Waals surface area contributed by atoms with Gasteiger partial charge in [-0.25, -0.2) is 0 Å². The SMILES string of the molecule is CCN1CCN(C)C2(CCN(Cc3ccsc3)CC2)C1=O. The minimum Gasteiger partial charge on any atom is -0.340 e. The van der Waals surface area contributed by atoms with Crippen molar-refractivity contribution in [3.8, 4) is 0 Å². The number of likely N-dealkylation sites (N-methyl/N-ethyl adjacent to an activating group) is 2. The number of piperidine rings is 1. The van der Waals surface area contributed by atoms with Crippen LogP contribution >= 0.6 is 11.3 Å². The molecule has 1 amide bonds. The number of carbonyl (C=O) groups is 1. The second-order valence-electron chi connectivity index (χ2n) is 6.25. The largest absolute Gasteiger partial charge is 0.340 e. The zero-order valence-electron chi connectivity index (χ0n) is 13.0. The van der Waals surface area contributed by atoms with E-state index in [1.165, 1.54) is 5.56 Å². The molecule has 21 heavy (non-hydrogen) atoms. The van der Waals surface area contributed by atoms with Crippen LogP contribution in [0.15, 0.2) is 16.8 Å². The third-order valence-corrected chi connectivity index (χ3v) is 5.90. The number of piperazine rings is 1. The molecule has 0 aliphatic carbocycles. The fraction of sp³-hybridized carbons (Fsp3) is 0.688. The molecule has 0 bridgehead atoms. The summed E-state index contributed by atoms with van der Waals surface area (Å²) in [7, 11) is 2.12. The van der Waals surface area contributed by atoms with Gasteiger partial charge in [0, 0.05) is 39.3 Å². The van der Waals surface area contributed by atoms with E-state index in [0.717, 1.165) is 52.1 Å². The monoisotopic (exact) mass is 307 g/mol. The maximum Gasteiger partial charge on any atom is 0.243 e. The van der Waals surface area contributed by atoms with Crippen molar-refractivity contribution in [2.24, 2.45) is 0 Å². The Balaban J connectivity index is 1.66. The van der Waals surface area contributed by atoms with Crippen LogP contribution in [-0.4, -0.2) is 65.9 Å². The fourth-order valence-corrected chi connectivity index (χ4v) is 4.32. The van der Waals surface area contributed by atoms with E-state index in [2.05, 4.69) is 40.6 Å². The summed E-state index contributed by atoms with van der Waals surface area (Å²) in [5, 5.41) is 4.36. The van der Waals surface area contributed by atoms with Crippen LogP contribution in [0.4, 0.5) is 0 Å². The van der Waals surface area contributed by atoms with E-state index < -0.39 is 0 Å². The zero-order chi connectivity index (χ0) is 14.9. The van der Waals surface area contributed by atoms with E-state index in [1.54, 1.807) is 11.3 Å². The molecule has 2 aliphatic rings. The number of likely N-dealkylation sites (tertiary alicyclic amines) is 1. The Morgan fingerprint density at radius 2 is 2.00 bits per heavy atom. The van der Waals surface area contributed by atoms with Crippen molar-refractivity contribution < 1.29 is 4.79 Å². The van der Waals surface area contributed by atoms with Crippen LogP contribution in [0.2, 0.25) is 0 Å². The van der Waals surface area contributed by atoms with E-state index in [4.69, 9.17) is 0 Å². The number of carbonyl (C=O) groups excluding carboxylic acids is 1. The second kappa shape index (κ2) is 6.07. The zero-order valence-corrected chi connectivity index (χ0v) is 13.9. The van der Waals surface area contributed by atoms with Crippen LogP contribution in [0.1, 0.15) is 25.3 Å². The highest BCUT2D eigenvalue weighted by atomic mass is 32.1. The van der Waals surface area contributed by atoms with Crippen LogP contribution < -0.4 is 0 Å². The maximum atomic E-state index is 12.8. The highest BCUT2D eigenvalue weighted by molar-refractivity contribution is 7.07. The first-order valence-corrected chi connectivity index (χ1v) is 8.84. The Bertz CT molecular complexity index is 480. The summed E-state index contributed by atoms with van der Waals surface area (Å²) >= 11 is 1.76. The smallest absolute Gasteiger partial charge is 0.243 e. The number of hydrogen-bond donors (Lipinski definition) is 0. The third-order valence-electron chi connectivity index (χ3n) is 5.17.